The molecule has 0 aliphatic rings. The molecule has 0 atom stereocenters. The third-order valence-electron chi connectivity index (χ3n) is 3.06. The zero-order valence-corrected chi connectivity index (χ0v) is 12.7. The minimum atomic E-state index is 0.703. The molecule has 2 aromatic rings. The van der Waals surface area contributed by atoms with E-state index in [1.54, 1.807) is 0 Å². The van der Waals surface area contributed by atoms with Crippen molar-refractivity contribution >= 4 is 17.1 Å². The van der Waals surface area contributed by atoms with Gasteiger partial charge in [0, 0.05) is 23.6 Å². The molecule has 0 radical (unpaired) electrons. The lowest BCUT2D eigenvalue weighted by Crippen LogP contribution is -2.11. The number of benzene rings is 2. The normalized spacial score (nSPS) is 9.81. The van der Waals surface area contributed by atoms with E-state index < -0.39 is 0 Å². The minimum absolute atomic E-state index is 0.703. The first kappa shape index (κ1) is 15.0. The number of hydrogen-bond acceptors (Lipinski definition) is 3. The van der Waals surface area contributed by atoms with E-state index >= 15 is 0 Å². The second-order valence-electron chi connectivity index (χ2n) is 5.14. The lowest BCUT2D eigenvalue weighted by atomic mass is 10.2. The SMILES string of the molecule is CC(C)=CCNc1ccc(NCNc2ccccc2)cc1. The molecule has 0 aromatic heterocycles. The van der Waals surface area contributed by atoms with E-state index in [9.17, 15) is 0 Å². The van der Waals surface area contributed by atoms with Crippen molar-refractivity contribution in [2.45, 2.75) is 13.8 Å². The lowest BCUT2D eigenvalue weighted by molar-refractivity contribution is 1.21. The summed E-state index contributed by atoms with van der Waals surface area (Å²) >= 11 is 0. The van der Waals surface area contributed by atoms with Gasteiger partial charge in [-0.3, -0.25) is 0 Å². The van der Waals surface area contributed by atoms with Crippen molar-refractivity contribution in [2.24, 2.45) is 0 Å². The van der Waals surface area contributed by atoms with Crippen molar-refractivity contribution in [3.05, 3.63) is 66.2 Å². The van der Waals surface area contributed by atoms with E-state index in [0.717, 1.165) is 23.6 Å². The monoisotopic (exact) mass is 281 g/mol. The van der Waals surface area contributed by atoms with Gasteiger partial charge in [0.1, 0.15) is 0 Å². The van der Waals surface area contributed by atoms with E-state index in [4.69, 9.17) is 0 Å². The van der Waals surface area contributed by atoms with Gasteiger partial charge in [0.2, 0.25) is 0 Å². The maximum Gasteiger partial charge on any atom is 0.0849 e. The summed E-state index contributed by atoms with van der Waals surface area (Å²) in [4.78, 5) is 0. The van der Waals surface area contributed by atoms with Crippen LogP contribution >= 0.6 is 0 Å². The van der Waals surface area contributed by atoms with Crippen LogP contribution in [0.25, 0.3) is 0 Å². The molecule has 21 heavy (non-hydrogen) atoms. The Morgan fingerprint density at radius 2 is 1.29 bits per heavy atom. The van der Waals surface area contributed by atoms with Crippen LogP contribution in [0.1, 0.15) is 13.8 Å². The molecular formula is C18H23N3. The minimum Gasteiger partial charge on any atom is -0.382 e. The highest BCUT2D eigenvalue weighted by atomic mass is 15.1. The molecule has 0 saturated carbocycles. The van der Waals surface area contributed by atoms with Crippen molar-refractivity contribution in [1.82, 2.24) is 0 Å². The Labute approximate surface area is 127 Å². The molecule has 2 rings (SSSR count). The summed E-state index contributed by atoms with van der Waals surface area (Å²) in [5.41, 5.74) is 4.68. The molecule has 0 aliphatic heterocycles. The Balaban J connectivity index is 1.76. The van der Waals surface area contributed by atoms with E-state index in [1.807, 2.05) is 18.2 Å². The van der Waals surface area contributed by atoms with Gasteiger partial charge in [-0.2, -0.15) is 0 Å². The van der Waals surface area contributed by atoms with E-state index in [-0.39, 0.29) is 0 Å². The van der Waals surface area contributed by atoms with Gasteiger partial charge in [-0.15, -0.1) is 0 Å². The number of hydrogen-bond donors (Lipinski definition) is 3. The van der Waals surface area contributed by atoms with Crippen LogP contribution in [0, 0.1) is 0 Å². The predicted molar refractivity (Wildman–Crippen MR) is 92.9 cm³/mol. The average Bonchev–Trinajstić information content (AvgIpc) is 2.50. The van der Waals surface area contributed by atoms with Crippen LogP contribution in [-0.4, -0.2) is 13.2 Å². The van der Waals surface area contributed by atoms with Gasteiger partial charge in [0.15, 0.2) is 0 Å². The standard InChI is InChI=1S/C18H23N3/c1-15(2)12-13-19-17-8-10-18(11-9-17)21-14-20-16-6-4-3-5-7-16/h3-12,19-21H,13-14H2,1-2H3. The summed E-state index contributed by atoms with van der Waals surface area (Å²) in [6.45, 7) is 5.78. The van der Waals surface area contributed by atoms with Crippen LogP contribution in [-0.2, 0) is 0 Å². The summed E-state index contributed by atoms with van der Waals surface area (Å²) in [6, 6.07) is 18.5. The number of allylic oxidation sites excluding steroid dienone is 1. The van der Waals surface area contributed by atoms with Crippen LogP contribution in [0.3, 0.4) is 0 Å². The summed E-state index contributed by atoms with van der Waals surface area (Å²) in [5, 5.41) is 10.0. The van der Waals surface area contributed by atoms with Crippen molar-refractivity contribution in [3.8, 4) is 0 Å². The first-order valence-corrected chi connectivity index (χ1v) is 7.24. The van der Waals surface area contributed by atoms with Crippen LogP contribution in [0.15, 0.2) is 66.2 Å². The van der Waals surface area contributed by atoms with Gasteiger partial charge in [-0.25, -0.2) is 0 Å². The third-order valence-corrected chi connectivity index (χ3v) is 3.06. The van der Waals surface area contributed by atoms with Crippen molar-refractivity contribution in [2.75, 3.05) is 29.2 Å². The largest absolute Gasteiger partial charge is 0.382 e. The molecule has 0 spiro atoms. The molecule has 2 aromatic carbocycles. The first-order chi connectivity index (χ1) is 10.2. The molecule has 0 amide bonds. The van der Waals surface area contributed by atoms with Crippen molar-refractivity contribution < 1.29 is 0 Å². The smallest absolute Gasteiger partial charge is 0.0849 e. The molecule has 3 N–H and O–H groups in total. The maximum absolute atomic E-state index is 3.37. The third kappa shape index (κ3) is 5.61. The van der Waals surface area contributed by atoms with Gasteiger partial charge in [0.25, 0.3) is 0 Å². The Morgan fingerprint density at radius 3 is 1.86 bits per heavy atom. The number of nitrogens with one attached hydrogen (secondary N) is 3. The van der Waals surface area contributed by atoms with Crippen LogP contribution in [0.2, 0.25) is 0 Å². The summed E-state index contributed by atoms with van der Waals surface area (Å²) in [6.07, 6.45) is 2.18. The van der Waals surface area contributed by atoms with Crippen molar-refractivity contribution in [3.63, 3.8) is 0 Å². The van der Waals surface area contributed by atoms with Gasteiger partial charge < -0.3 is 16.0 Å². The van der Waals surface area contributed by atoms with Crippen LogP contribution < -0.4 is 16.0 Å². The second-order valence-corrected chi connectivity index (χ2v) is 5.14. The van der Waals surface area contributed by atoms with Crippen LogP contribution in [0.4, 0.5) is 17.1 Å². The molecule has 0 fully saturated rings. The van der Waals surface area contributed by atoms with Crippen molar-refractivity contribution in [1.29, 1.82) is 0 Å². The Kier molecular flexibility index (Phi) is 5.71. The molecule has 0 aliphatic carbocycles. The molecule has 0 bridgehead atoms. The Morgan fingerprint density at radius 1 is 0.762 bits per heavy atom. The molecular weight excluding hydrogens is 258 g/mol. The number of anilines is 3. The fourth-order valence-corrected chi connectivity index (χ4v) is 1.88. The van der Waals surface area contributed by atoms with E-state index in [1.165, 1.54) is 5.57 Å². The molecule has 3 nitrogen and oxygen atoms in total. The first-order valence-electron chi connectivity index (χ1n) is 7.24. The topological polar surface area (TPSA) is 36.1 Å². The van der Waals surface area contributed by atoms with Gasteiger partial charge >= 0.3 is 0 Å². The predicted octanol–water partition coefficient (Wildman–Crippen LogP) is 4.55. The zero-order valence-electron chi connectivity index (χ0n) is 12.7. The van der Waals surface area contributed by atoms with E-state index in [2.05, 4.69) is 72.3 Å². The number of rotatable bonds is 7. The summed E-state index contributed by atoms with van der Waals surface area (Å²) in [7, 11) is 0. The molecule has 3 heteroatoms. The fourth-order valence-electron chi connectivity index (χ4n) is 1.88. The highest BCUT2D eigenvalue weighted by Gasteiger charge is 1.93. The average molecular weight is 281 g/mol. The summed E-state index contributed by atoms with van der Waals surface area (Å²) in [5.74, 6) is 0. The molecule has 0 unspecified atom stereocenters. The molecule has 0 saturated heterocycles. The molecule has 0 heterocycles. The Bertz CT molecular complexity index is 555. The Hall–Kier alpha value is -2.42. The highest BCUT2D eigenvalue weighted by Crippen LogP contribution is 2.13. The lowest BCUT2D eigenvalue weighted by Gasteiger charge is -2.10. The second kappa shape index (κ2) is 8.00. The maximum atomic E-state index is 3.37. The molecule has 110 valence electrons. The van der Waals surface area contributed by atoms with Gasteiger partial charge in [-0.1, -0.05) is 29.8 Å². The van der Waals surface area contributed by atoms with Gasteiger partial charge in [-0.05, 0) is 50.2 Å². The van der Waals surface area contributed by atoms with Crippen LogP contribution in [0.5, 0.6) is 0 Å². The highest BCUT2D eigenvalue weighted by molar-refractivity contribution is 5.54. The summed E-state index contributed by atoms with van der Waals surface area (Å²) < 4.78 is 0. The zero-order chi connectivity index (χ0) is 14.9. The van der Waals surface area contributed by atoms with Gasteiger partial charge in [0.05, 0.1) is 6.67 Å². The fraction of sp³-hybridized carbons (Fsp3) is 0.222. The number of para-hydroxylation sites is 1. The quantitative estimate of drug-likeness (QED) is 0.515. The van der Waals surface area contributed by atoms with E-state index in [0.29, 0.717) is 6.67 Å².